The van der Waals surface area contributed by atoms with Crippen LogP contribution in [-0.2, 0) is 22.6 Å². The lowest BCUT2D eigenvalue weighted by atomic mass is 9.97. The number of hydrogen-bond donors (Lipinski definition) is 0. The molecule has 2 saturated heterocycles. The monoisotopic (exact) mass is 385 g/mol. The van der Waals surface area contributed by atoms with Crippen molar-refractivity contribution in [2.45, 2.75) is 31.8 Å². The van der Waals surface area contributed by atoms with Gasteiger partial charge in [0.2, 0.25) is 0 Å². The molecule has 2 aliphatic rings. The molecule has 2 fully saturated rings. The minimum atomic E-state index is 0.440. The van der Waals surface area contributed by atoms with E-state index in [9.17, 15) is 0 Å². The van der Waals surface area contributed by atoms with Crippen molar-refractivity contribution >= 4 is 5.82 Å². The minimum Gasteiger partial charge on any atom is -0.383 e. The van der Waals surface area contributed by atoms with Gasteiger partial charge >= 0.3 is 0 Å². The number of pyridine rings is 1. The third-order valence-corrected chi connectivity index (χ3v) is 5.71. The number of hydrogen-bond acceptors (Lipinski definition) is 6. The highest BCUT2D eigenvalue weighted by molar-refractivity contribution is 5.40. The van der Waals surface area contributed by atoms with Crippen molar-refractivity contribution < 1.29 is 9.47 Å². The van der Waals surface area contributed by atoms with Gasteiger partial charge in [0.15, 0.2) is 0 Å². The van der Waals surface area contributed by atoms with Gasteiger partial charge in [-0.2, -0.15) is 0 Å². The normalized spacial score (nSPS) is 21.2. The predicted octanol–water partition coefficient (Wildman–Crippen LogP) is 2.14. The Morgan fingerprint density at radius 3 is 2.86 bits per heavy atom. The Bertz CT molecular complexity index is 727. The van der Waals surface area contributed by atoms with Gasteiger partial charge in [0, 0.05) is 70.9 Å². The Morgan fingerprint density at radius 2 is 2.07 bits per heavy atom. The van der Waals surface area contributed by atoms with E-state index in [0.29, 0.717) is 12.5 Å². The average Bonchev–Trinajstić information content (AvgIpc) is 3.22. The van der Waals surface area contributed by atoms with Crippen molar-refractivity contribution in [3.8, 4) is 0 Å². The molecule has 2 aliphatic heterocycles. The number of morpholine rings is 1. The molecule has 1 atom stereocenters. The van der Waals surface area contributed by atoms with Gasteiger partial charge in [-0.1, -0.05) is 6.07 Å². The first kappa shape index (κ1) is 19.4. The summed E-state index contributed by atoms with van der Waals surface area (Å²) in [5.74, 6) is 2.69. The van der Waals surface area contributed by atoms with E-state index in [-0.39, 0.29) is 0 Å². The van der Waals surface area contributed by atoms with Crippen LogP contribution in [-0.4, -0.2) is 72.5 Å². The van der Waals surface area contributed by atoms with E-state index in [0.717, 1.165) is 58.3 Å². The summed E-state index contributed by atoms with van der Waals surface area (Å²) in [6.07, 6.45) is 8.34. The summed E-state index contributed by atoms with van der Waals surface area (Å²) in [6.45, 7) is 8.24. The first-order valence-electron chi connectivity index (χ1n) is 10.3. The van der Waals surface area contributed by atoms with Crippen molar-refractivity contribution in [3.05, 3.63) is 42.1 Å². The molecule has 0 aliphatic carbocycles. The van der Waals surface area contributed by atoms with Gasteiger partial charge in [-0.05, 0) is 24.5 Å². The SMILES string of the molecule is COCCn1ccnc1C1CCCN(c2ccc(CN3CCOCC3)cn2)C1. The zero-order valence-electron chi connectivity index (χ0n) is 16.8. The van der Waals surface area contributed by atoms with Crippen LogP contribution in [0.4, 0.5) is 5.82 Å². The molecule has 152 valence electrons. The summed E-state index contributed by atoms with van der Waals surface area (Å²) in [4.78, 5) is 14.3. The van der Waals surface area contributed by atoms with Crippen LogP contribution in [0.25, 0.3) is 0 Å². The van der Waals surface area contributed by atoms with Crippen LogP contribution >= 0.6 is 0 Å². The first-order valence-corrected chi connectivity index (χ1v) is 10.3. The summed E-state index contributed by atoms with van der Waals surface area (Å²) in [5, 5.41) is 0. The second-order valence-electron chi connectivity index (χ2n) is 7.67. The molecule has 7 heteroatoms. The molecule has 4 rings (SSSR count). The Kier molecular flexibility index (Phi) is 6.57. The summed E-state index contributed by atoms with van der Waals surface area (Å²) in [5.41, 5.74) is 1.27. The lowest BCUT2D eigenvalue weighted by Crippen LogP contribution is -2.36. The summed E-state index contributed by atoms with van der Waals surface area (Å²) >= 11 is 0. The van der Waals surface area contributed by atoms with Crippen molar-refractivity contribution in [1.82, 2.24) is 19.4 Å². The summed E-state index contributed by atoms with van der Waals surface area (Å²) in [7, 11) is 1.74. The maximum absolute atomic E-state index is 5.43. The van der Waals surface area contributed by atoms with E-state index >= 15 is 0 Å². The number of aromatic nitrogens is 3. The average molecular weight is 386 g/mol. The van der Waals surface area contributed by atoms with E-state index in [4.69, 9.17) is 14.5 Å². The molecular formula is C21H31N5O2. The molecule has 0 radical (unpaired) electrons. The van der Waals surface area contributed by atoms with Gasteiger partial charge in [0.25, 0.3) is 0 Å². The standard InChI is InChI=1S/C21H31N5O2/c1-27-12-11-25-8-6-22-21(25)19-3-2-7-26(17-19)20-5-4-18(15-23-20)16-24-9-13-28-14-10-24/h4-6,8,15,19H,2-3,7,9-14,16-17H2,1H3. The molecule has 2 aromatic rings. The number of nitrogens with zero attached hydrogens (tertiary/aromatic N) is 5. The smallest absolute Gasteiger partial charge is 0.128 e. The van der Waals surface area contributed by atoms with Crippen LogP contribution in [0.15, 0.2) is 30.7 Å². The zero-order chi connectivity index (χ0) is 19.2. The molecule has 4 heterocycles. The largest absolute Gasteiger partial charge is 0.383 e. The Balaban J connectivity index is 1.38. The Hall–Kier alpha value is -1.96. The zero-order valence-corrected chi connectivity index (χ0v) is 16.8. The van der Waals surface area contributed by atoms with Gasteiger partial charge in [0.1, 0.15) is 11.6 Å². The fraction of sp³-hybridized carbons (Fsp3) is 0.619. The van der Waals surface area contributed by atoms with Crippen LogP contribution in [0.1, 0.15) is 30.1 Å². The minimum absolute atomic E-state index is 0.440. The van der Waals surface area contributed by atoms with Gasteiger partial charge < -0.3 is 18.9 Å². The summed E-state index contributed by atoms with van der Waals surface area (Å²) < 4.78 is 12.9. The summed E-state index contributed by atoms with van der Waals surface area (Å²) in [6, 6.07) is 4.40. The van der Waals surface area contributed by atoms with E-state index in [1.54, 1.807) is 7.11 Å². The van der Waals surface area contributed by atoms with Gasteiger partial charge in [-0.3, -0.25) is 4.90 Å². The third-order valence-electron chi connectivity index (χ3n) is 5.71. The number of anilines is 1. The van der Waals surface area contributed by atoms with E-state index in [1.807, 2.05) is 12.4 Å². The van der Waals surface area contributed by atoms with E-state index < -0.39 is 0 Å². The molecule has 2 aromatic heterocycles. The topological polar surface area (TPSA) is 55.7 Å². The van der Waals surface area contributed by atoms with Crippen LogP contribution < -0.4 is 4.90 Å². The molecule has 0 spiro atoms. The Morgan fingerprint density at radius 1 is 1.18 bits per heavy atom. The van der Waals surface area contributed by atoms with Crippen molar-refractivity contribution in [2.75, 3.05) is 58.0 Å². The predicted molar refractivity (Wildman–Crippen MR) is 109 cm³/mol. The Labute approximate surface area is 167 Å². The highest BCUT2D eigenvalue weighted by atomic mass is 16.5. The molecule has 1 unspecified atom stereocenters. The maximum Gasteiger partial charge on any atom is 0.128 e. The fourth-order valence-electron chi connectivity index (χ4n) is 4.17. The number of ether oxygens (including phenoxy) is 2. The van der Waals surface area contributed by atoms with Crippen LogP contribution in [0, 0.1) is 0 Å². The fourth-order valence-corrected chi connectivity index (χ4v) is 4.17. The van der Waals surface area contributed by atoms with Crippen LogP contribution in [0.2, 0.25) is 0 Å². The molecule has 0 amide bonds. The molecule has 28 heavy (non-hydrogen) atoms. The molecule has 0 bridgehead atoms. The molecule has 0 saturated carbocycles. The number of rotatable bonds is 7. The second-order valence-corrected chi connectivity index (χ2v) is 7.67. The lowest BCUT2D eigenvalue weighted by molar-refractivity contribution is 0.0341. The van der Waals surface area contributed by atoms with Gasteiger partial charge in [-0.15, -0.1) is 0 Å². The second kappa shape index (κ2) is 9.49. The van der Waals surface area contributed by atoms with Crippen molar-refractivity contribution in [2.24, 2.45) is 0 Å². The molecule has 0 N–H and O–H groups in total. The van der Waals surface area contributed by atoms with Crippen molar-refractivity contribution in [1.29, 1.82) is 0 Å². The highest BCUT2D eigenvalue weighted by Crippen LogP contribution is 2.28. The van der Waals surface area contributed by atoms with E-state index in [1.165, 1.54) is 24.2 Å². The molecular weight excluding hydrogens is 354 g/mol. The highest BCUT2D eigenvalue weighted by Gasteiger charge is 2.25. The van der Waals surface area contributed by atoms with Crippen LogP contribution in [0.3, 0.4) is 0 Å². The van der Waals surface area contributed by atoms with Gasteiger partial charge in [-0.25, -0.2) is 9.97 Å². The lowest BCUT2D eigenvalue weighted by Gasteiger charge is -2.33. The quantitative estimate of drug-likeness (QED) is 0.728. The van der Waals surface area contributed by atoms with Gasteiger partial charge in [0.05, 0.1) is 19.8 Å². The number of methoxy groups -OCH3 is 1. The van der Waals surface area contributed by atoms with Crippen LogP contribution in [0.5, 0.6) is 0 Å². The molecule has 7 nitrogen and oxygen atoms in total. The number of imidazole rings is 1. The van der Waals surface area contributed by atoms with E-state index in [2.05, 4.69) is 37.7 Å². The van der Waals surface area contributed by atoms with Crippen molar-refractivity contribution in [3.63, 3.8) is 0 Å². The first-order chi connectivity index (χ1) is 13.8. The number of piperidine rings is 1. The maximum atomic E-state index is 5.43. The third kappa shape index (κ3) is 4.71. The molecule has 0 aromatic carbocycles.